The van der Waals surface area contributed by atoms with Crippen LogP contribution in [0.3, 0.4) is 0 Å². The van der Waals surface area contributed by atoms with Gasteiger partial charge in [-0.15, -0.1) is 0 Å². The van der Waals surface area contributed by atoms with Crippen molar-refractivity contribution >= 4 is 0 Å². The molecule has 1 aromatic carbocycles. The van der Waals surface area contributed by atoms with Crippen molar-refractivity contribution in [3.63, 3.8) is 0 Å². The molecule has 1 aromatic rings. The first-order valence-corrected chi connectivity index (χ1v) is 8.09. The summed E-state index contributed by atoms with van der Waals surface area (Å²) in [5.74, 6) is 1.56. The molecule has 0 saturated heterocycles. The van der Waals surface area contributed by atoms with Gasteiger partial charge in [0, 0.05) is 19.8 Å². The van der Waals surface area contributed by atoms with Crippen molar-refractivity contribution in [2.75, 3.05) is 26.9 Å². The van der Waals surface area contributed by atoms with Crippen LogP contribution < -0.4 is 10.1 Å². The van der Waals surface area contributed by atoms with E-state index in [9.17, 15) is 0 Å². The van der Waals surface area contributed by atoms with E-state index >= 15 is 0 Å². The Morgan fingerprint density at radius 3 is 2.67 bits per heavy atom. The minimum atomic E-state index is 0.491. The summed E-state index contributed by atoms with van der Waals surface area (Å²) in [6, 6.07) is 8.73. The normalized spacial score (nSPS) is 13.9. The van der Waals surface area contributed by atoms with Gasteiger partial charge in [-0.3, -0.25) is 0 Å². The number of aryl methyl sites for hydroxylation is 1. The molecule has 0 aromatic heterocycles. The molecule has 3 nitrogen and oxygen atoms in total. The molecule has 0 spiro atoms. The molecule has 0 bridgehead atoms. The molecule has 2 unspecified atom stereocenters. The van der Waals surface area contributed by atoms with E-state index in [0.717, 1.165) is 44.8 Å². The fourth-order valence-corrected chi connectivity index (χ4v) is 2.43. The molecule has 0 fully saturated rings. The highest BCUT2D eigenvalue weighted by Gasteiger charge is 2.16. The minimum absolute atomic E-state index is 0.491. The highest BCUT2D eigenvalue weighted by atomic mass is 16.5. The van der Waals surface area contributed by atoms with Gasteiger partial charge in [-0.05, 0) is 56.3 Å². The summed E-state index contributed by atoms with van der Waals surface area (Å²) < 4.78 is 11.1. The Hall–Kier alpha value is -1.06. The third-order valence-electron chi connectivity index (χ3n) is 3.81. The number of benzene rings is 1. The summed E-state index contributed by atoms with van der Waals surface area (Å²) in [5, 5.41) is 3.64. The maximum atomic E-state index is 5.88. The number of nitrogens with one attached hydrogen (secondary N) is 1. The Balaban J connectivity index is 2.40. The van der Waals surface area contributed by atoms with E-state index in [1.807, 2.05) is 12.1 Å². The number of rotatable bonds is 11. The first-order valence-electron chi connectivity index (χ1n) is 8.09. The van der Waals surface area contributed by atoms with Gasteiger partial charge >= 0.3 is 0 Å². The van der Waals surface area contributed by atoms with Gasteiger partial charge in [-0.1, -0.05) is 26.0 Å². The van der Waals surface area contributed by atoms with Crippen molar-refractivity contribution < 1.29 is 9.47 Å². The molecule has 21 heavy (non-hydrogen) atoms. The van der Waals surface area contributed by atoms with Crippen LogP contribution in [0.2, 0.25) is 0 Å². The van der Waals surface area contributed by atoms with Crippen LogP contribution >= 0.6 is 0 Å². The van der Waals surface area contributed by atoms with E-state index in [4.69, 9.17) is 9.47 Å². The molecule has 0 aliphatic carbocycles. The summed E-state index contributed by atoms with van der Waals surface area (Å²) in [4.78, 5) is 0. The number of hydrogen-bond donors (Lipinski definition) is 1. The van der Waals surface area contributed by atoms with Gasteiger partial charge in [-0.25, -0.2) is 0 Å². The second-order valence-corrected chi connectivity index (χ2v) is 5.77. The van der Waals surface area contributed by atoms with Gasteiger partial charge in [0.05, 0.1) is 6.61 Å². The van der Waals surface area contributed by atoms with Crippen LogP contribution in [-0.2, 0) is 4.74 Å². The largest absolute Gasteiger partial charge is 0.494 e. The predicted octanol–water partition coefficient (Wildman–Crippen LogP) is 3.80. The average molecular weight is 293 g/mol. The molecule has 0 radical (unpaired) electrons. The summed E-state index contributed by atoms with van der Waals surface area (Å²) in [6.45, 7) is 9.22. The summed E-state index contributed by atoms with van der Waals surface area (Å²) in [6.07, 6.45) is 3.27. The lowest BCUT2D eigenvalue weighted by Gasteiger charge is -2.25. The molecule has 1 rings (SSSR count). The Bertz CT molecular complexity index is 381. The molecule has 0 aliphatic heterocycles. The van der Waals surface area contributed by atoms with Gasteiger partial charge in [0.15, 0.2) is 0 Å². The van der Waals surface area contributed by atoms with E-state index < -0.39 is 0 Å². The summed E-state index contributed by atoms with van der Waals surface area (Å²) >= 11 is 0. The van der Waals surface area contributed by atoms with E-state index in [1.165, 1.54) is 5.56 Å². The van der Waals surface area contributed by atoms with E-state index in [-0.39, 0.29) is 0 Å². The second-order valence-electron chi connectivity index (χ2n) is 5.77. The zero-order chi connectivity index (χ0) is 15.5. The van der Waals surface area contributed by atoms with Crippen molar-refractivity contribution in [3.05, 3.63) is 29.8 Å². The SMILES string of the molecule is CCCNC(CCOc1cccc(C)c1)C(C)CCOC. The molecule has 1 N–H and O–H groups in total. The molecule has 0 heterocycles. The van der Waals surface area contributed by atoms with E-state index in [0.29, 0.717) is 12.0 Å². The summed E-state index contributed by atoms with van der Waals surface area (Å²) in [5.41, 5.74) is 1.24. The summed E-state index contributed by atoms with van der Waals surface area (Å²) in [7, 11) is 1.77. The Labute approximate surface area is 130 Å². The smallest absolute Gasteiger partial charge is 0.119 e. The van der Waals surface area contributed by atoms with Crippen molar-refractivity contribution in [1.29, 1.82) is 0 Å². The maximum absolute atomic E-state index is 5.88. The van der Waals surface area contributed by atoms with Crippen molar-refractivity contribution in [3.8, 4) is 5.75 Å². The third kappa shape index (κ3) is 7.49. The molecular weight excluding hydrogens is 262 g/mol. The van der Waals surface area contributed by atoms with Crippen molar-refractivity contribution in [2.24, 2.45) is 5.92 Å². The lowest BCUT2D eigenvalue weighted by Crippen LogP contribution is -2.37. The lowest BCUT2D eigenvalue weighted by molar-refractivity contribution is 0.163. The molecule has 0 amide bonds. The second kappa shape index (κ2) is 10.6. The van der Waals surface area contributed by atoms with Crippen LogP contribution in [0, 0.1) is 12.8 Å². The molecule has 0 saturated carbocycles. The average Bonchev–Trinajstić information content (AvgIpc) is 2.48. The molecule has 2 atom stereocenters. The Kier molecular flexibility index (Phi) is 9.11. The Morgan fingerprint density at radius 1 is 1.19 bits per heavy atom. The fraction of sp³-hybridized carbons (Fsp3) is 0.667. The lowest BCUT2D eigenvalue weighted by atomic mass is 9.96. The zero-order valence-corrected chi connectivity index (χ0v) is 14.0. The van der Waals surface area contributed by atoms with Crippen LogP contribution in [0.25, 0.3) is 0 Å². The highest BCUT2D eigenvalue weighted by molar-refractivity contribution is 5.27. The minimum Gasteiger partial charge on any atom is -0.494 e. The first kappa shape index (κ1) is 18.0. The van der Waals surface area contributed by atoms with Crippen LogP contribution in [-0.4, -0.2) is 32.9 Å². The Morgan fingerprint density at radius 2 is 2.00 bits per heavy atom. The van der Waals surface area contributed by atoms with E-state index in [2.05, 4.69) is 38.2 Å². The molecular formula is C18H31NO2. The van der Waals surface area contributed by atoms with Gasteiger partial charge in [-0.2, -0.15) is 0 Å². The number of methoxy groups -OCH3 is 1. The van der Waals surface area contributed by atoms with Gasteiger partial charge in [0.1, 0.15) is 5.75 Å². The number of hydrogen-bond acceptors (Lipinski definition) is 3. The predicted molar refractivity (Wildman–Crippen MR) is 89.0 cm³/mol. The fourth-order valence-electron chi connectivity index (χ4n) is 2.43. The van der Waals surface area contributed by atoms with Crippen molar-refractivity contribution in [1.82, 2.24) is 5.32 Å². The number of ether oxygens (including phenoxy) is 2. The van der Waals surface area contributed by atoms with Crippen LogP contribution in [0.5, 0.6) is 5.75 Å². The quantitative estimate of drug-likeness (QED) is 0.673. The van der Waals surface area contributed by atoms with Crippen LogP contribution in [0.4, 0.5) is 0 Å². The van der Waals surface area contributed by atoms with E-state index in [1.54, 1.807) is 7.11 Å². The highest BCUT2D eigenvalue weighted by Crippen LogP contribution is 2.15. The van der Waals surface area contributed by atoms with Gasteiger partial charge in [0.2, 0.25) is 0 Å². The van der Waals surface area contributed by atoms with Gasteiger partial charge < -0.3 is 14.8 Å². The monoisotopic (exact) mass is 293 g/mol. The van der Waals surface area contributed by atoms with Crippen LogP contribution in [0.1, 0.15) is 38.7 Å². The van der Waals surface area contributed by atoms with Crippen molar-refractivity contribution in [2.45, 2.75) is 46.1 Å². The standard InChI is InChI=1S/C18H31NO2/c1-5-11-19-18(16(3)9-12-20-4)10-13-21-17-8-6-7-15(2)14-17/h6-8,14,16,18-19H,5,9-13H2,1-4H3. The molecule has 3 heteroatoms. The molecule has 120 valence electrons. The third-order valence-corrected chi connectivity index (χ3v) is 3.81. The molecule has 0 aliphatic rings. The maximum Gasteiger partial charge on any atom is 0.119 e. The van der Waals surface area contributed by atoms with Gasteiger partial charge in [0.25, 0.3) is 0 Å². The first-order chi connectivity index (χ1) is 10.2. The zero-order valence-electron chi connectivity index (χ0n) is 14.0. The topological polar surface area (TPSA) is 30.5 Å². The van der Waals surface area contributed by atoms with Crippen LogP contribution in [0.15, 0.2) is 24.3 Å².